The van der Waals surface area contributed by atoms with Gasteiger partial charge in [0, 0.05) is 28.4 Å². The van der Waals surface area contributed by atoms with Crippen molar-refractivity contribution < 1.29 is 10.2 Å². The molecule has 0 unspecified atom stereocenters. The number of aromatic nitrogens is 3. The molecule has 0 radical (unpaired) electrons. The van der Waals surface area contributed by atoms with Crippen molar-refractivity contribution in [2.24, 2.45) is 0 Å². The Kier molecular flexibility index (Phi) is 3.14. The van der Waals surface area contributed by atoms with Crippen LogP contribution in [0.3, 0.4) is 0 Å². The van der Waals surface area contributed by atoms with Crippen LogP contribution in [0.4, 0.5) is 0 Å². The quantitative estimate of drug-likeness (QED) is 0.694. The molecule has 0 aliphatic carbocycles. The van der Waals surface area contributed by atoms with Gasteiger partial charge in [0.25, 0.3) is 0 Å². The molecule has 0 aliphatic rings. The van der Waals surface area contributed by atoms with Crippen LogP contribution in [0.15, 0.2) is 42.6 Å². The van der Waals surface area contributed by atoms with Crippen molar-refractivity contribution in [2.45, 2.75) is 13.2 Å². The van der Waals surface area contributed by atoms with Crippen molar-refractivity contribution in [1.29, 1.82) is 0 Å². The summed E-state index contributed by atoms with van der Waals surface area (Å²) in [6.45, 7) is 1.91. The van der Waals surface area contributed by atoms with Crippen LogP contribution in [0.2, 0.25) is 0 Å². The zero-order valence-corrected chi connectivity index (χ0v) is 10.9. The molecule has 2 N–H and O–H groups in total. The molecule has 0 spiro atoms. The predicted octanol–water partition coefficient (Wildman–Crippen LogP) is 1.98. The lowest BCUT2D eigenvalue weighted by atomic mass is 10.0. The van der Waals surface area contributed by atoms with E-state index in [1.807, 2.05) is 25.1 Å². The first-order valence-electron chi connectivity index (χ1n) is 6.20. The van der Waals surface area contributed by atoms with Gasteiger partial charge < -0.3 is 10.2 Å². The zero-order chi connectivity index (χ0) is 14.1. The topological polar surface area (TPSA) is 79.1 Å². The summed E-state index contributed by atoms with van der Waals surface area (Å²) in [5.41, 5.74) is 3.69. The highest BCUT2D eigenvalue weighted by atomic mass is 16.5. The molecule has 0 saturated heterocycles. The lowest BCUT2D eigenvalue weighted by Gasteiger charge is -2.10. The fourth-order valence-electron chi connectivity index (χ4n) is 2.19. The molecular formula is C15H13N3O2. The number of hydrogen-bond donors (Lipinski definition) is 2. The molecule has 100 valence electrons. The first-order valence-corrected chi connectivity index (χ1v) is 6.20. The number of hydrogen-bond acceptors (Lipinski definition) is 5. The summed E-state index contributed by atoms with van der Waals surface area (Å²) in [5, 5.41) is 27.4. The average Bonchev–Trinajstić information content (AvgIpc) is 2.46. The Morgan fingerprint density at radius 2 is 1.95 bits per heavy atom. The summed E-state index contributed by atoms with van der Waals surface area (Å²) >= 11 is 0. The minimum Gasteiger partial charge on any atom is -0.364 e. The Balaban J connectivity index is 2.31. The van der Waals surface area contributed by atoms with Gasteiger partial charge in [0.15, 0.2) is 6.29 Å². The van der Waals surface area contributed by atoms with E-state index in [0.717, 1.165) is 27.9 Å². The van der Waals surface area contributed by atoms with Gasteiger partial charge in [-0.2, -0.15) is 10.2 Å². The van der Waals surface area contributed by atoms with Crippen LogP contribution in [0.25, 0.3) is 22.2 Å². The Morgan fingerprint density at radius 3 is 2.65 bits per heavy atom. The minimum absolute atomic E-state index is 0.424. The number of benzene rings is 1. The van der Waals surface area contributed by atoms with E-state index < -0.39 is 6.29 Å². The van der Waals surface area contributed by atoms with E-state index in [4.69, 9.17) is 0 Å². The monoisotopic (exact) mass is 267 g/mol. The van der Waals surface area contributed by atoms with Gasteiger partial charge in [0.05, 0.1) is 11.2 Å². The summed E-state index contributed by atoms with van der Waals surface area (Å²) in [5.74, 6) is 0. The van der Waals surface area contributed by atoms with Gasteiger partial charge in [-0.1, -0.05) is 6.07 Å². The highest BCUT2D eigenvalue weighted by molar-refractivity contribution is 5.94. The van der Waals surface area contributed by atoms with Gasteiger partial charge in [0.1, 0.15) is 0 Å². The largest absolute Gasteiger partial charge is 0.364 e. The van der Waals surface area contributed by atoms with Crippen molar-refractivity contribution in [2.75, 3.05) is 0 Å². The van der Waals surface area contributed by atoms with Crippen LogP contribution >= 0.6 is 0 Å². The lowest BCUT2D eigenvalue weighted by molar-refractivity contribution is -0.0423. The maximum atomic E-state index is 9.31. The first-order chi connectivity index (χ1) is 9.65. The third-order valence-electron chi connectivity index (χ3n) is 3.11. The van der Waals surface area contributed by atoms with Gasteiger partial charge in [0.2, 0.25) is 0 Å². The van der Waals surface area contributed by atoms with Gasteiger partial charge in [-0.25, -0.2) is 0 Å². The summed E-state index contributed by atoms with van der Waals surface area (Å²) < 4.78 is 0. The third kappa shape index (κ3) is 2.24. The van der Waals surface area contributed by atoms with E-state index >= 15 is 0 Å². The Hall–Kier alpha value is -2.37. The maximum absolute atomic E-state index is 9.31. The van der Waals surface area contributed by atoms with E-state index in [9.17, 15) is 10.2 Å². The van der Waals surface area contributed by atoms with Crippen molar-refractivity contribution >= 4 is 10.9 Å². The predicted molar refractivity (Wildman–Crippen MR) is 74.7 cm³/mol. The number of nitrogens with zero attached hydrogens (tertiary/aromatic N) is 3. The molecule has 0 bridgehead atoms. The van der Waals surface area contributed by atoms with Crippen LogP contribution in [-0.2, 0) is 0 Å². The van der Waals surface area contributed by atoms with Crippen LogP contribution in [0, 0.1) is 6.92 Å². The number of rotatable bonds is 2. The highest BCUT2D eigenvalue weighted by Crippen LogP contribution is 2.28. The van der Waals surface area contributed by atoms with Gasteiger partial charge >= 0.3 is 0 Å². The molecule has 2 aromatic heterocycles. The molecule has 0 fully saturated rings. The van der Waals surface area contributed by atoms with E-state index in [1.54, 1.807) is 24.4 Å². The first kappa shape index (κ1) is 12.7. The van der Waals surface area contributed by atoms with E-state index in [1.165, 1.54) is 0 Å². The van der Waals surface area contributed by atoms with E-state index in [0.29, 0.717) is 5.56 Å². The maximum Gasteiger partial charge on any atom is 0.178 e. The Morgan fingerprint density at radius 1 is 1.10 bits per heavy atom. The molecule has 2 heterocycles. The fraction of sp³-hybridized carbons (Fsp3) is 0.133. The molecule has 1 aromatic carbocycles. The van der Waals surface area contributed by atoms with E-state index in [-0.39, 0.29) is 0 Å². The van der Waals surface area contributed by atoms with Crippen LogP contribution in [0.1, 0.15) is 17.5 Å². The number of fused-ring (bicyclic) bond motifs is 1. The highest BCUT2D eigenvalue weighted by Gasteiger charge is 2.10. The smallest absolute Gasteiger partial charge is 0.178 e. The summed E-state index contributed by atoms with van der Waals surface area (Å²) in [4.78, 5) is 4.45. The molecule has 20 heavy (non-hydrogen) atoms. The molecule has 0 aliphatic heterocycles. The SMILES string of the molecule is Cc1cc(-c2cccnn2)c2cc(C(O)O)ccc2n1. The van der Waals surface area contributed by atoms with E-state index in [2.05, 4.69) is 15.2 Å². The standard InChI is InChI=1S/C15H13N3O2/c1-9-7-11(14-3-2-6-16-18-14)12-8-10(15(19)20)4-5-13(12)17-9/h2-8,15,19-20H,1H3. The number of aryl methyl sites for hydroxylation is 1. The number of aliphatic hydroxyl groups is 2. The molecule has 5 nitrogen and oxygen atoms in total. The molecule has 0 saturated carbocycles. The fourth-order valence-corrected chi connectivity index (χ4v) is 2.19. The zero-order valence-electron chi connectivity index (χ0n) is 10.9. The molecule has 3 rings (SSSR count). The van der Waals surface area contributed by atoms with Crippen LogP contribution in [0.5, 0.6) is 0 Å². The van der Waals surface area contributed by atoms with Crippen molar-refractivity contribution in [3.63, 3.8) is 0 Å². The second-order valence-electron chi connectivity index (χ2n) is 4.57. The Labute approximate surface area is 115 Å². The normalized spacial score (nSPS) is 11.2. The summed E-state index contributed by atoms with van der Waals surface area (Å²) in [7, 11) is 0. The second kappa shape index (κ2) is 4.96. The van der Waals surface area contributed by atoms with Crippen LogP contribution in [-0.4, -0.2) is 25.4 Å². The summed E-state index contributed by atoms with van der Waals surface area (Å²) in [6.07, 6.45) is 0.109. The van der Waals surface area contributed by atoms with Gasteiger partial charge in [-0.15, -0.1) is 0 Å². The van der Waals surface area contributed by atoms with Crippen LogP contribution < -0.4 is 0 Å². The second-order valence-corrected chi connectivity index (χ2v) is 4.57. The van der Waals surface area contributed by atoms with Crippen molar-refractivity contribution in [3.05, 3.63) is 53.9 Å². The van der Waals surface area contributed by atoms with Gasteiger partial charge in [-0.05, 0) is 37.3 Å². The third-order valence-corrected chi connectivity index (χ3v) is 3.11. The number of pyridine rings is 1. The average molecular weight is 267 g/mol. The van der Waals surface area contributed by atoms with Gasteiger partial charge in [-0.3, -0.25) is 4.98 Å². The van der Waals surface area contributed by atoms with Crippen molar-refractivity contribution in [1.82, 2.24) is 15.2 Å². The molecular weight excluding hydrogens is 254 g/mol. The minimum atomic E-state index is -1.50. The van der Waals surface area contributed by atoms with Crippen molar-refractivity contribution in [3.8, 4) is 11.3 Å². The number of aliphatic hydroxyl groups excluding tert-OH is 1. The summed E-state index contributed by atoms with van der Waals surface area (Å²) in [6, 6.07) is 10.7. The lowest BCUT2D eigenvalue weighted by Crippen LogP contribution is -1.97. The molecule has 0 amide bonds. The molecule has 0 atom stereocenters. The molecule has 3 aromatic rings. The molecule has 5 heteroatoms. The Bertz CT molecular complexity index is 758.